The van der Waals surface area contributed by atoms with E-state index in [1.165, 1.54) is 6.33 Å². The average Bonchev–Trinajstić information content (AvgIpc) is 3.18. The van der Waals surface area contributed by atoms with Gasteiger partial charge in [-0.15, -0.1) is 0 Å². The summed E-state index contributed by atoms with van der Waals surface area (Å²) in [5.74, 6) is 1.41. The molecule has 2 aromatic heterocycles. The smallest absolute Gasteiger partial charge is 0.222 e. The van der Waals surface area contributed by atoms with Crippen LogP contribution in [-0.2, 0) is 17.9 Å². The number of imidazole rings is 1. The largest absolute Gasteiger partial charge is 0.497 e. The second kappa shape index (κ2) is 6.25. The molecule has 8 nitrogen and oxygen atoms in total. The zero-order valence-electron chi connectivity index (χ0n) is 12.1. The summed E-state index contributed by atoms with van der Waals surface area (Å²) in [6.45, 7) is 0.857. The Morgan fingerprint density at radius 2 is 2.36 bits per heavy atom. The van der Waals surface area contributed by atoms with Gasteiger partial charge in [-0.1, -0.05) is 0 Å². The maximum Gasteiger partial charge on any atom is 0.222 e. The molecule has 0 radical (unpaired) electrons. The molecule has 0 aliphatic carbocycles. The summed E-state index contributed by atoms with van der Waals surface area (Å²) in [5.41, 5.74) is 1.72. The predicted molar refractivity (Wildman–Crippen MR) is 79.1 cm³/mol. The van der Waals surface area contributed by atoms with Gasteiger partial charge < -0.3 is 15.0 Å². The average molecular weight is 300 g/mol. The summed E-state index contributed by atoms with van der Waals surface area (Å²) in [5, 5.41) is 6.77. The first-order valence-corrected chi connectivity index (χ1v) is 6.86. The molecule has 1 aromatic carbocycles. The Labute approximate surface area is 126 Å². The maximum atomic E-state index is 11.8. The Bertz CT molecular complexity index is 765. The van der Waals surface area contributed by atoms with Crippen LogP contribution in [0.15, 0.2) is 30.9 Å². The summed E-state index contributed by atoms with van der Waals surface area (Å²) in [4.78, 5) is 23.2. The van der Waals surface area contributed by atoms with Crippen LogP contribution < -0.4 is 10.1 Å². The van der Waals surface area contributed by atoms with Crippen molar-refractivity contribution in [1.82, 2.24) is 30.0 Å². The minimum atomic E-state index is -0.0615. The van der Waals surface area contributed by atoms with E-state index >= 15 is 0 Å². The zero-order chi connectivity index (χ0) is 15.4. The lowest BCUT2D eigenvalue weighted by atomic mass is 10.3. The van der Waals surface area contributed by atoms with Gasteiger partial charge in [0, 0.05) is 12.5 Å². The lowest BCUT2D eigenvalue weighted by Crippen LogP contribution is -2.24. The Balaban J connectivity index is 1.55. The highest BCUT2D eigenvalue weighted by Gasteiger charge is 2.06. The first-order chi connectivity index (χ1) is 10.7. The molecule has 22 heavy (non-hydrogen) atoms. The number of ether oxygens (including phenoxy) is 1. The topological polar surface area (TPSA) is 97.7 Å². The van der Waals surface area contributed by atoms with Crippen LogP contribution in [0.3, 0.4) is 0 Å². The van der Waals surface area contributed by atoms with Crippen molar-refractivity contribution < 1.29 is 9.53 Å². The number of aromatic amines is 1. The van der Waals surface area contributed by atoms with E-state index in [-0.39, 0.29) is 5.91 Å². The number of methoxy groups -OCH3 is 1. The molecule has 2 N–H and O–H groups in total. The normalized spacial score (nSPS) is 10.8. The van der Waals surface area contributed by atoms with E-state index in [1.807, 2.05) is 18.2 Å². The molecular weight excluding hydrogens is 284 g/mol. The number of aromatic nitrogens is 5. The molecule has 114 valence electrons. The SMILES string of the molecule is COc1ccc2nc(CNC(=O)CCn3cncn3)[nH]c2c1. The number of H-pyrrole nitrogens is 1. The third-order valence-corrected chi connectivity index (χ3v) is 3.23. The Morgan fingerprint density at radius 3 is 3.14 bits per heavy atom. The molecule has 1 amide bonds. The number of carbonyl (C=O) groups is 1. The van der Waals surface area contributed by atoms with E-state index in [0.29, 0.717) is 25.3 Å². The Morgan fingerprint density at radius 1 is 1.45 bits per heavy atom. The summed E-state index contributed by atoms with van der Waals surface area (Å²) >= 11 is 0. The first kappa shape index (κ1) is 14.1. The van der Waals surface area contributed by atoms with Crippen LogP contribution >= 0.6 is 0 Å². The van der Waals surface area contributed by atoms with Crippen molar-refractivity contribution in [3.63, 3.8) is 0 Å². The number of aryl methyl sites for hydroxylation is 1. The van der Waals surface area contributed by atoms with Crippen LogP contribution in [-0.4, -0.2) is 37.7 Å². The molecule has 8 heteroatoms. The Hall–Kier alpha value is -2.90. The predicted octanol–water partition coefficient (Wildman–Crippen LogP) is 0.869. The molecule has 0 aliphatic rings. The van der Waals surface area contributed by atoms with E-state index in [9.17, 15) is 4.79 Å². The van der Waals surface area contributed by atoms with Gasteiger partial charge >= 0.3 is 0 Å². The molecule has 0 saturated carbocycles. The number of rotatable bonds is 6. The molecule has 2 heterocycles. The molecular formula is C14H16N6O2. The number of amides is 1. The standard InChI is InChI=1S/C14H16N6O2/c1-22-10-2-3-11-12(6-10)19-13(18-11)7-16-14(21)4-5-20-9-15-8-17-20/h2-3,6,8-9H,4-5,7H2,1H3,(H,16,21)(H,18,19). The molecule has 0 spiro atoms. The van der Waals surface area contributed by atoms with Crippen LogP contribution in [0.2, 0.25) is 0 Å². The lowest BCUT2D eigenvalue weighted by molar-refractivity contribution is -0.121. The molecule has 0 bridgehead atoms. The fraction of sp³-hybridized carbons (Fsp3) is 0.286. The highest BCUT2D eigenvalue weighted by atomic mass is 16.5. The molecule has 0 aliphatic heterocycles. The number of hydrogen-bond donors (Lipinski definition) is 2. The van der Waals surface area contributed by atoms with Gasteiger partial charge in [-0.2, -0.15) is 5.10 Å². The molecule has 0 fully saturated rings. The number of carbonyl (C=O) groups excluding carboxylic acids is 1. The van der Waals surface area contributed by atoms with Crippen LogP contribution in [0, 0.1) is 0 Å². The fourth-order valence-corrected chi connectivity index (χ4v) is 2.09. The first-order valence-electron chi connectivity index (χ1n) is 6.86. The van der Waals surface area contributed by atoms with E-state index < -0.39 is 0 Å². The van der Waals surface area contributed by atoms with Crippen LogP contribution in [0.5, 0.6) is 5.75 Å². The quantitative estimate of drug-likeness (QED) is 0.704. The molecule has 0 atom stereocenters. The number of nitrogens with one attached hydrogen (secondary N) is 2. The minimum Gasteiger partial charge on any atom is -0.497 e. The number of nitrogens with zero attached hydrogens (tertiary/aromatic N) is 4. The van der Waals surface area contributed by atoms with Crippen molar-refractivity contribution in [1.29, 1.82) is 0 Å². The van der Waals surface area contributed by atoms with E-state index in [4.69, 9.17) is 4.74 Å². The van der Waals surface area contributed by atoms with Gasteiger partial charge in [-0.3, -0.25) is 9.48 Å². The van der Waals surface area contributed by atoms with Crippen LogP contribution in [0.1, 0.15) is 12.2 Å². The second-order valence-corrected chi connectivity index (χ2v) is 4.75. The van der Waals surface area contributed by atoms with Gasteiger partial charge in [0.15, 0.2) is 0 Å². The highest BCUT2D eigenvalue weighted by Crippen LogP contribution is 2.18. The van der Waals surface area contributed by atoms with Gasteiger partial charge in [0.1, 0.15) is 24.2 Å². The fourth-order valence-electron chi connectivity index (χ4n) is 2.09. The van der Waals surface area contributed by atoms with Gasteiger partial charge in [-0.05, 0) is 12.1 Å². The van der Waals surface area contributed by atoms with Crippen LogP contribution in [0.25, 0.3) is 11.0 Å². The van der Waals surface area contributed by atoms with Gasteiger partial charge in [0.05, 0.1) is 31.2 Å². The monoisotopic (exact) mass is 300 g/mol. The van der Waals surface area contributed by atoms with Crippen molar-refractivity contribution >= 4 is 16.9 Å². The van der Waals surface area contributed by atoms with Crippen molar-refractivity contribution in [3.05, 3.63) is 36.7 Å². The third kappa shape index (κ3) is 3.22. The second-order valence-electron chi connectivity index (χ2n) is 4.75. The highest BCUT2D eigenvalue weighted by molar-refractivity contribution is 5.77. The summed E-state index contributed by atoms with van der Waals surface area (Å²) in [7, 11) is 1.62. The van der Waals surface area contributed by atoms with Crippen molar-refractivity contribution in [2.24, 2.45) is 0 Å². The third-order valence-electron chi connectivity index (χ3n) is 3.23. The maximum absolute atomic E-state index is 11.8. The van der Waals surface area contributed by atoms with E-state index in [2.05, 4.69) is 25.4 Å². The molecule has 0 saturated heterocycles. The van der Waals surface area contributed by atoms with E-state index in [0.717, 1.165) is 16.8 Å². The summed E-state index contributed by atoms with van der Waals surface area (Å²) in [6.07, 6.45) is 3.37. The summed E-state index contributed by atoms with van der Waals surface area (Å²) < 4.78 is 6.78. The van der Waals surface area contributed by atoms with Crippen molar-refractivity contribution in [3.8, 4) is 5.75 Å². The zero-order valence-corrected chi connectivity index (χ0v) is 12.1. The van der Waals surface area contributed by atoms with Gasteiger partial charge in [0.25, 0.3) is 0 Å². The number of hydrogen-bond acceptors (Lipinski definition) is 5. The van der Waals surface area contributed by atoms with Crippen molar-refractivity contribution in [2.75, 3.05) is 7.11 Å². The minimum absolute atomic E-state index is 0.0615. The molecule has 0 unspecified atom stereocenters. The number of fused-ring (bicyclic) bond motifs is 1. The lowest BCUT2D eigenvalue weighted by Gasteiger charge is -2.03. The van der Waals surface area contributed by atoms with Gasteiger partial charge in [0.2, 0.25) is 5.91 Å². The number of benzene rings is 1. The van der Waals surface area contributed by atoms with Gasteiger partial charge in [-0.25, -0.2) is 9.97 Å². The summed E-state index contributed by atoms with van der Waals surface area (Å²) in [6, 6.07) is 5.60. The van der Waals surface area contributed by atoms with Crippen molar-refractivity contribution in [2.45, 2.75) is 19.5 Å². The van der Waals surface area contributed by atoms with E-state index in [1.54, 1.807) is 18.1 Å². The van der Waals surface area contributed by atoms with Crippen LogP contribution in [0.4, 0.5) is 0 Å². The molecule has 3 rings (SSSR count). The molecule has 3 aromatic rings. The Kier molecular flexibility index (Phi) is 3.99.